The zero-order valence-corrected chi connectivity index (χ0v) is 21.5. The van der Waals surface area contributed by atoms with E-state index in [4.69, 9.17) is 4.74 Å². The monoisotopic (exact) mass is 496 g/mol. The van der Waals surface area contributed by atoms with E-state index in [-0.39, 0.29) is 6.10 Å². The van der Waals surface area contributed by atoms with Gasteiger partial charge in [-0.1, -0.05) is 0 Å². The van der Waals surface area contributed by atoms with E-state index in [0.717, 1.165) is 17.5 Å². The van der Waals surface area contributed by atoms with Gasteiger partial charge in [0.05, 0.1) is 0 Å². The summed E-state index contributed by atoms with van der Waals surface area (Å²) in [5, 5.41) is 10.2. The van der Waals surface area contributed by atoms with E-state index in [0.29, 0.717) is 6.61 Å². The van der Waals surface area contributed by atoms with Crippen LogP contribution in [0.3, 0.4) is 0 Å². The molecule has 1 aromatic rings. The molecule has 0 aliphatic carbocycles. The maximum absolute atomic E-state index is 10.2. The van der Waals surface area contributed by atoms with Gasteiger partial charge in [-0.3, -0.25) is 0 Å². The maximum atomic E-state index is 10.2. The van der Waals surface area contributed by atoms with Crippen molar-refractivity contribution < 1.29 is 9.84 Å². The van der Waals surface area contributed by atoms with Crippen LogP contribution in [0.2, 0.25) is 13.3 Å². The van der Waals surface area contributed by atoms with Gasteiger partial charge in [0.2, 0.25) is 0 Å². The SMILES string of the molecule is CCC[CH2][Sn]([CH2]CCC)([CH2]CCC)[CH2]OC/C=C\C(O)CCc1ccccc1. The summed E-state index contributed by atoms with van der Waals surface area (Å²) in [6.45, 7) is 7.61. The van der Waals surface area contributed by atoms with Gasteiger partial charge in [-0.15, -0.1) is 0 Å². The fraction of sp³-hybridized carbons (Fsp3) is 0.680. The number of ether oxygens (including phenoxy) is 1. The second-order valence-corrected chi connectivity index (χ2v) is 22.0. The molecular weight excluding hydrogens is 451 g/mol. The van der Waals surface area contributed by atoms with Gasteiger partial charge in [-0.2, -0.15) is 0 Å². The number of rotatable bonds is 17. The molecule has 28 heavy (non-hydrogen) atoms. The number of aliphatic hydroxyl groups is 1. The Kier molecular flexibility index (Phi) is 15.1. The summed E-state index contributed by atoms with van der Waals surface area (Å²) in [4.78, 5) is 0. The van der Waals surface area contributed by atoms with Crippen LogP contribution in [0.4, 0.5) is 0 Å². The summed E-state index contributed by atoms with van der Waals surface area (Å²) < 4.78 is 11.8. The molecule has 0 heterocycles. The third-order valence-electron chi connectivity index (χ3n) is 5.73. The van der Waals surface area contributed by atoms with E-state index in [1.54, 1.807) is 0 Å². The summed E-state index contributed by atoms with van der Waals surface area (Å²) in [5.41, 5.74) is 1.29. The molecule has 0 aliphatic rings. The van der Waals surface area contributed by atoms with Crippen molar-refractivity contribution in [3.05, 3.63) is 48.0 Å². The molecule has 0 radical (unpaired) electrons. The Hall–Kier alpha value is -0.321. The van der Waals surface area contributed by atoms with Gasteiger partial charge < -0.3 is 0 Å². The first-order chi connectivity index (χ1) is 13.7. The van der Waals surface area contributed by atoms with Crippen molar-refractivity contribution in [1.29, 1.82) is 0 Å². The molecule has 0 aliphatic heterocycles. The van der Waals surface area contributed by atoms with Gasteiger partial charge in [0.25, 0.3) is 0 Å². The molecule has 3 heteroatoms. The summed E-state index contributed by atoms with van der Waals surface area (Å²) in [5.74, 6) is 0. The molecule has 1 rings (SSSR count). The number of aliphatic hydroxyl groups excluding tert-OH is 1. The van der Waals surface area contributed by atoms with Crippen LogP contribution in [0.1, 0.15) is 71.3 Å². The molecule has 0 aromatic heterocycles. The van der Waals surface area contributed by atoms with Crippen LogP contribution in [-0.4, -0.2) is 40.8 Å². The van der Waals surface area contributed by atoms with Crippen LogP contribution in [-0.2, 0) is 11.2 Å². The Morgan fingerprint density at radius 1 is 0.929 bits per heavy atom. The van der Waals surface area contributed by atoms with Crippen LogP contribution in [0, 0.1) is 0 Å². The third-order valence-corrected chi connectivity index (χ3v) is 20.2. The van der Waals surface area contributed by atoms with E-state index < -0.39 is 18.4 Å². The molecule has 0 saturated carbocycles. The van der Waals surface area contributed by atoms with Crippen molar-refractivity contribution in [2.45, 2.75) is 91.6 Å². The average Bonchev–Trinajstić information content (AvgIpc) is 2.73. The number of unbranched alkanes of at least 4 members (excludes halogenated alkanes) is 3. The van der Waals surface area contributed by atoms with Gasteiger partial charge in [0.15, 0.2) is 0 Å². The Labute approximate surface area is 178 Å². The Balaban J connectivity index is 2.41. The van der Waals surface area contributed by atoms with Crippen LogP contribution >= 0.6 is 0 Å². The molecule has 0 amide bonds. The summed E-state index contributed by atoms with van der Waals surface area (Å²) >= 11 is -2.16. The molecule has 1 N–H and O–H groups in total. The van der Waals surface area contributed by atoms with Crippen molar-refractivity contribution in [3.8, 4) is 0 Å². The van der Waals surface area contributed by atoms with Crippen molar-refractivity contribution in [1.82, 2.24) is 0 Å². The van der Waals surface area contributed by atoms with Crippen molar-refractivity contribution in [3.63, 3.8) is 0 Å². The van der Waals surface area contributed by atoms with Crippen LogP contribution < -0.4 is 0 Å². The summed E-state index contributed by atoms with van der Waals surface area (Å²) in [6.07, 6.45) is 13.4. The van der Waals surface area contributed by atoms with Crippen LogP contribution in [0.5, 0.6) is 0 Å². The average molecular weight is 495 g/mol. The zero-order valence-electron chi connectivity index (χ0n) is 18.7. The first-order valence-electron chi connectivity index (χ1n) is 11.6. The minimum absolute atomic E-state index is 0.377. The normalized spacial score (nSPS) is 13.3. The number of hydrogen-bond donors (Lipinski definition) is 1. The van der Waals surface area contributed by atoms with Gasteiger partial charge >= 0.3 is 179 Å². The second-order valence-electron chi connectivity index (χ2n) is 8.35. The van der Waals surface area contributed by atoms with E-state index in [1.807, 2.05) is 18.2 Å². The van der Waals surface area contributed by atoms with Crippen molar-refractivity contribution >= 4 is 18.4 Å². The van der Waals surface area contributed by atoms with Crippen LogP contribution in [0.15, 0.2) is 42.5 Å². The molecule has 0 saturated heterocycles. The number of hydrogen-bond acceptors (Lipinski definition) is 2. The van der Waals surface area contributed by atoms with Crippen molar-refractivity contribution in [2.24, 2.45) is 0 Å². The Morgan fingerprint density at radius 2 is 1.50 bits per heavy atom. The fourth-order valence-electron chi connectivity index (χ4n) is 3.86. The van der Waals surface area contributed by atoms with E-state index in [1.165, 1.54) is 57.4 Å². The molecule has 160 valence electrons. The zero-order chi connectivity index (χ0) is 20.5. The third kappa shape index (κ3) is 11.6. The number of benzene rings is 1. The first kappa shape index (κ1) is 25.7. The van der Waals surface area contributed by atoms with Gasteiger partial charge in [-0.25, -0.2) is 0 Å². The topological polar surface area (TPSA) is 29.5 Å². The standard InChI is InChI=1S/C13H17O2.3C4H9.Sn/c1-15-11-5-8-13(14)10-9-12-6-3-2-4-7-12;3*1-3-4-2;/h2-8,13-14H,1,9-11H2;3*1,3-4H2,2H3;/b8-5-;;;;. The quantitative estimate of drug-likeness (QED) is 0.144. The molecule has 1 unspecified atom stereocenters. The van der Waals surface area contributed by atoms with Crippen molar-refractivity contribution in [2.75, 3.05) is 11.2 Å². The predicted molar refractivity (Wildman–Crippen MR) is 126 cm³/mol. The molecule has 1 atom stereocenters. The first-order valence-corrected chi connectivity index (χ1v) is 19.7. The molecule has 2 nitrogen and oxygen atoms in total. The molecule has 0 spiro atoms. The van der Waals surface area contributed by atoms with Gasteiger partial charge in [0, 0.05) is 0 Å². The summed E-state index contributed by atoms with van der Waals surface area (Å²) in [7, 11) is 0. The van der Waals surface area contributed by atoms with E-state index in [9.17, 15) is 5.11 Å². The van der Waals surface area contributed by atoms with Gasteiger partial charge in [0.1, 0.15) is 0 Å². The van der Waals surface area contributed by atoms with Gasteiger partial charge in [-0.05, 0) is 0 Å². The predicted octanol–water partition coefficient (Wildman–Crippen LogP) is 6.94. The molecular formula is C25H44O2Sn. The second kappa shape index (κ2) is 16.5. The number of aryl methyl sites for hydroxylation is 1. The molecule has 0 fully saturated rings. The Bertz CT molecular complexity index is 479. The summed E-state index contributed by atoms with van der Waals surface area (Å²) in [6, 6.07) is 10.4. The fourth-order valence-corrected chi connectivity index (χ4v) is 18.3. The minimum atomic E-state index is -2.16. The Morgan fingerprint density at radius 3 is 2.04 bits per heavy atom. The molecule has 0 bridgehead atoms. The van der Waals surface area contributed by atoms with E-state index >= 15 is 0 Å². The molecule has 1 aromatic carbocycles. The van der Waals surface area contributed by atoms with E-state index in [2.05, 4.69) is 45.0 Å². The van der Waals surface area contributed by atoms with Crippen LogP contribution in [0.25, 0.3) is 0 Å².